The van der Waals surface area contributed by atoms with E-state index in [4.69, 9.17) is 4.42 Å². The summed E-state index contributed by atoms with van der Waals surface area (Å²) in [6.45, 7) is 6.67. The number of nitrogens with one attached hydrogen (secondary N) is 2. The first-order chi connectivity index (χ1) is 12.0. The number of amides is 1. The maximum absolute atomic E-state index is 12.5. The third-order valence-electron chi connectivity index (χ3n) is 3.83. The Labute approximate surface area is 151 Å². The van der Waals surface area contributed by atoms with Crippen molar-refractivity contribution < 1.29 is 9.21 Å². The molecule has 1 aromatic carbocycles. The number of benzene rings is 1. The van der Waals surface area contributed by atoms with E-state index in [0.717, 1.165) is 11.4 Å². The fraction of sp³-hybridized carbons (Fsp3) is 0.263. The van der Waals surface area contributed by atoms with Gasteiger partial charge in [0.25, 0.3) is 5.91 Å². The molecule has 0 aliphatic heterocycles. The quantitative estimate of drug-likeness (QED) is 0.650. The zero-order valence-electron chi connectivity index (χ0n) is 14.5. The lowest BCUT2D eigenvalue weighted by atomic mass is 10.0. The van der Waals surface area contributed by atoms with Crippen molar-refractivity contribution in [3.05, 3.63) is 64.6 Å². The van der Waals surface area contributed by atoms with Gasteiger partial charge in [0.05, 0.1) is 18.5 Å². The SMILES string of the molecule is Cc1nc(NCc2ccco2)sc1C(=O)Nc1ccc(C(C)C)cc1. The summed E-state index contributed by atoms with van der Waals surface area (Å²) in [6, 6.07) is 11.7. The van der Waals surface area contributed by atoms with Gasteiger partial charge in [0.15, 0.2) is 5.13 Å². The molecule has 25 heavy (non-hydrogen) atoms. The molecule has 0 atom stereocenters. The average Bonchev–Trinajstić information content (AvgIpc) is 3.22. The Morgan fingerprint density at radius 1 is 1.24 bits per heavy atom. The summed E-state index contributed by atoms with van der Waals surface area (Å²) in [4.78, 5) is 17.5. The molecule has 0 spiro atoms. The van der Waals surface area contributed by atoms with Crippen LogP contribution < -0.4 is 10.6 Å². The number of nitrogens with zero attached hydrogens (tertiary/aromatic N) is 1. The van der Waals surface area contributed by atoms with Gasteiger partial charge in [-0.3, -0.25) is 4.79 Å². The van der Waals surface area contributed by atoms with Crippen LogP contribution in [0.25, 0.3) is 0 Å². The predicted octanol–water partition coefficient (Wildman–Crippen LogP) is 5.03. The molecule has 6 heteroatoms. The van der Waals surface area contributed by atoms with E-state index in [2.05, 4.69) is 29.5 Å². The minimum absolute atomic E-state index is 0.140. The second-order valence-corrected chi connectivity index (χ2v) is 7.10. The first-order valence-corrected chi connectivity index (χ1v) is 8.99. The molecule has 0 bridgehead atoms. The van der Waals surface area contributed by atoms with Crippen molar-refractivity contribution in [3.63, 3.8) is 0 Å². The van der Waals surface area contributed by atoms with Crippen LogP contribution in [0.4, 0.5) is 10.8 Å². The standard InChI is InChI=1S/C19H21N3O2S/c1-12(2)14-6-8-15(9-7-14)22-18(23)17-13(3)21-19(25-17)20-11-16-5-4-10-24-16/h4-10,12H,11H2,1-3H3,(H,20,21)(H,22,23). The van der Waals surface area contributed by atoms with Crippen molar-refractivity contribution in [1.82, 2.24) is 4.98 Å². The van der Waals surface area contributed by atoms with Gasteiger partial charge in [-0.15, -0.1) is 0 Å². The number of furan rings is 1. The third kappa shape index (κ3) is 4.28. The smallest absolute Gasteiger partial charge is 0.267 e. The van der Waals surface area contributed by atoms with Crippen LogP contribution in [0.5, 0.6) is 0 Å². The summed E-state index contributed by atoms with van der Waals surface area (Å²) in [6.07, 6.45) is 1.63. The van der Waals surface area contributed by atoms with E-state index >= 15 is 0 Å². The van der Waals surface area contributed by atoms with Crippen molar-refractivity contribution in [1.29, 1.82) is 0 Å². The highest BCUT2D eigenvalue weighted by Crippen LogP contribution is 2.25. The number of rotatable bonds is 6. The molecule has 130 valence electrons. The number of hydrogen-bond acceptors (Lipinski definition) is 5. The van der Waals surface area contributed by atoms with E-state index in [1.165, 1.54) is 16.9 Å². The number of carbonyl (C=O) groups is 1. The molecule has 0 aliphatic rings. The Morgan fingerprint density at radius 2 is 2.00 bits per heavy atom. The van der Waals surface area contributed by atoms with Crippen molar-refractivity contribution in [2.75, 3.05) is 10.6 Å². The summed E-state index contributed by atoms with van der Waals surface area (Å²) >= 11 is 1.34. The highest BCUT2D eigenvalue weighted by atomic mass is 32.1. The summed E-state index contributed by atoms with van der Waals surface area (Å²) in [7, 11) is 0. The van der Waals surface area contributed by atoms with Crippen LogP contribution in [-0.2, 0) is 6.54 Å². The van der Waals surface area contributed by atoms with E-state index in [1.54, 1.807) is 6.26 Å². The topological polar surface area (TPSA) is 67.2 Å². The molecule has 2 heterocycles. The lowest BCUT2D eigenvalue weighted by molar-refractivity contribution is 0.103. The molecule has 0 saturated heterocycles. The Hall–Kier alpha value is -2.60. The van der Waals surface area contributed by atoms with Crippen LogP contribution >= 0.6 is 11.3 Å². The summed E-state index contributed by atoms with van der Waals surface area (Å²) in [5.41, 5.74) is 2.74. The monoisotopic (exact) mass is 355 g/mol. The molecule has 3 aromatic rings. The largest absolute Gasteiger partial charge is 0.467 e. The van der Waals surface area contributed by atoms with E-state index in [-0.39, 0.29) is 5.91 Å². The average molecular weight is 355 g/mol. The number of aryl methyl sites for hydroxylation is 1. The van der Waals surface area contributed by atoms with Crippen molar-refractivity contribution in [2.45, 2.75) is 33.2 Å². The van der Waals surface area contributed by atoms with Crippen LogP contribution in [0.1, 0.15) is 46.5 Å². The van der Waals surface area contributed by atoms with Crippen LogP contribution in [0, 0.1) is 6.92 Å². The van der Waals surface area contributed by atoms with E-state index in [0.29, 0.717) is 28.2 Å². The molecule has 1 amide bonds. The fourth-order valence-electron chi connectivity index (χ4n) is 2.40. The number of thiazole rings is 1. The molecule has 5 nitrogen and oxygen atoms in total. The van der Waals surface area contributed by atoms with Gasteiger partial charge in [-0.05, 0) is 42.7 Å². The zero-order valence-corrected chi connectivity index (χ0v) is 15.3. The highest BCUT2D eigenvalue weighted by molar-refractivity contribution is 7.17. The van der Waals surface area contributed by atoms with Gasteiger partial charge in [0, 0.05) is 5.69 Å². The van der Waals surface area contributed by atoms with Crippen LogP contribution in [-0.4, -0.2) is 10.9 Å². The molecular weight excluding hydrogens is 334 g/mol. The highest BCUT2D eigenvalue weighted by Gasteiger charge is 2.15. The fourth-order valence-corrected chi connectivity index (χ4v) is 3.26. The van der Waals surface area contributed by atoms with Crippen molar-refractivity contribution >= 4 is 28.1 Å². The number of hydrogen-bond donors (Lipinski definition) is 2. The van der Waals surface area contributed by atoms with Gasteiger partial charge >= 0.3 is 0 Å². The van der Waals surface area contributed by atoms with E-state index < -0.39 is 0 Å². The molecule has 0 fully saturated rings. The lowest BCUT2D eigenvalue weighted by Crippen LogP contribution is -2.11. The third-order valence-corrected chi connectivity index (χ3v) is 4.95. The number of aromatic nitrogens is 1. The van der Waals surface area contributed by atoms with Gasteiger partial charge in [-0.2, -0.15) is 0 Å². The first kappa shape index (κ1) is 17.2. The second-order valence-electron chi connectivity index (χ2n) is 6.10. The molecule has 2 N–H and O–H groups in total. The maximum atomic E-state index is 12.5. The predicted molar refractivity (Wildman–Crippen MR) is 101 cm³/mol. The normalized spacial score (nSPS) is 10.9. The Kier molecular flexibility index (Phi) is 5.19. The minimum atomic E-state index is -0.140. The van der Waals surface area contributed by atoms with Crippen LogP contribution in [0.2, 0.25) is 0 Å². The summed E-state index contributed by atoms with van der Waals surface area (Å²) < 4.78 is 5.28. The number of carbonyl (C=O) groups excluding carboxylic acids is 1. The van der Waals surface area contributed by atoms with Gasteiger partial charge in [0.1, 0.15) is 10.6 Å². The molecule has 0 radical (unpaired) electrons. The first-order valence-electron chi connectivity index (χ1n) is 8.18. The molecule has 0 saturated carbocycles. The van der Waals surface area contributed by atoms with Gasteiger partial charge in [-0.25, -0.2) is 4.98 Å². The van der Waals surface area contributed by atoms with E-state index in [9.17, 15) is 4.79 Å². The maximum Gasteiger partial charge on any atom is 0.267 e. The second kappa shape index (κ2) is 7.53. The van der Waals surface area contributed by atoms with Gasteiger partial charge in [-0.1, -0.05) is 37.3 Å². The molecule has 0 aliphatic carbocycles. The zero-order chi connectivity index (χ0) is 17.8. The Morgan fingerprint density at radius 3 is 2.64 bits per heavy atom. The minimum Gasteiger partial charge on any atom is -0.467 e. The summed E-state index contributed by atoms with van der Waals surface area (Å²) in [5, 5.41) is 6.82. The van der Waals surface area contributed by atoms with Gasteiger partial charge in [0.2, 0.25) is 0 Å². The van der Waals surface area contributed by atoms with Crippen molar-refractivity contribution in [2.24, 2.45) is 0 Å². The molecule has 2 aromatic heterocycles. The summed E-state index contributed by atoms with van der Waals surface area (Å²) in [5.74, 6) is 1.15. The van der Waals surface area contributed by atoms with E-state index in [1.807, 2.05) is 43.3 Å². The molecular formula is C19H21N3O2S. The molecule has 0 unspecified atom stereocenters. The van der Waals surface area contributed by atoms with Gasteiger partial charge < -0.3 is 15.1 Å². The Balaban J connectivity index is 1.65. The number of anilines is 2. The lowest BCUT2D eigenvalue weighted by Gasteiger charge is -2.08. The Bertz CT molecular complexity index is 836. The van der Waals surface area contributed by atoms with Crippen LogP contribution in [0.15, 0.2) is 47.1 Å². The van der Waals surface area contributed by atoms with Crippen LogP contribution in [0.3, 0.4) is 0 Å². The van der Waals surface area contributed by atoms with Crippen molar-refractivity contribution in [3.8, 4) is 0 Å². The molecule has 3 rings (SSSR count).